The smallest absolute Gasteiger partial charge is 0.263 e. The molecule has 1 amide bonds. The summed E-state index contributed by atoms with van der Waals surface area (Å²) in [6.45, 7) is 12.9. The number of carbonyl (C=O) groups excluding carboxylic acids is 1. The van der Waals surface area contributed by atoms with E-state index >= 15 is 0 Å². The number of hydrogen-bond acceptors (Lipinski definition) is 3. The van der Waals surface area contributed by atoms with Gasteiger partial charge >= 0.3 is 0 Å². The van der Waals surface area contributed by atoms with E-state index < -0.39 is 6.10 Å². The first-order chi connectivity index (χ1) is 10.5. The van der Waals surface area contributed by atoms with E-state index in [0.717, 1.165) is 38.5 Å². The molecule has 0 radical (unpaired) electrons. The second-order valence-electron chi connectivity index (χ2n) is 6.24. The number of ether oxygens (including phenoxy) is 1. The molecule has 1 heterocycles. The predicted octanol–water partition coefficient (Wildman–Crippen LogP) is 2.74. The molecule has 1 fully saturated rings. The van der Waals surface area contributed by atoms with Gasteiger partial charge in [-0.2, -0.15) is 0 Å². The van der Waals surface area contributed by atoms with E-state index in [2.05, 4.69) is 37.8 Å². The zero-order valence-electron chi connectivity index (χ0n) is 14.2. The van der Waals surface area contributed by atoms with Crippen LogP contribution in [0.25, 0.3) is 0 Å². The first-order valence-electron chi connectivity index (χ1n) is 8.29. The average molecular weight is 304 g/mol. The SMILES string of the molecule is CCN1CCN(C(=O)[C@@H](C)Oc2ccc(C(C)C)cc2)CC1. The molecule has 0 aliphatic carbocycles. The molecule has 1 aliphatic rings. The summed E-state index contributed by atoms with van der Waals surface area (Å²) in [6, 6.07) is 8.04. The van der Waals surface area contributed by atoms with Crippen molar-refractivity contribution in [2.45, 2.75) is 39.7 Å². The molecule has 22 heavy (non-hydrogen) atoms. The Morgan fingerprint density at radius 1 is 1.09 bits per heavy atom. The summed E-state index contributed by atoms with van der Waals surface area (Å²) < 4.78 is 5.81. The minimum Gasteiger partial charge on any atom is -0.481 e. The molecule has 0 aromatic heterocycles. The van der Waals surface area contributed by atoms with Gasteiger partial charge in [-0.05, 0) is 37.1 Å². The summed E-state index contributed by atoms with van der Waals surface area (Å²) in [5, 5.41) is 0. The van der Waals surface area contributed by atoms with Crippen LogP contribution in [0.2, 0.25) is 0 Å². The Hall–Kier alpha value is -1.55. The predicted molar refractivity (Wildman–Crippen MR) is 89.3 cm³/mol. The van der Waals surface area contributed by atoms with Crippen LogP contribution in [-0.4, -0.2) is 54.5 Å². The molecule has 0 unspecified atom stereocenters. The Kier molecular flexibility index (Phi) is 5.83. The summed E-state index contributed by atoms with van der Waals surface area (Å²) >= 11 is 0. The van der Waals surface area contributed by atoms with Gasteiger partial charge in [0.2, 0.25) is 0 Å². The van der Waals surface area contributed by atoms with Crippen molar-refractivity contribution >= 4 is 5.91 Å². The molecule has 1 atom stereocenters. The van der Waals surface area contributed by atoms with Crippen LogP contribution in [0.1, 0.15) is 39.2 Å². The highest BCUT2D eigenvalue weighted by Gasteiger charge is 2.25. The largest absolute Gasteiger partial charge is 0.481 e. The number of piperazine rings is 1. The molecule has 2 rings (SSSR count). The van der Waals surface area contributed by atoms with Gasteiger partial charge in [0.1, 0.15) is 5.75 Å². The van der Waals surface area contributed by atoms with Crippen molar-refractivity contribution in [1.29, 1.82) is 0 Å². The normalized spacial score (nSPS) is 17.6. The Balaban J connectivity index is 1.88. The highest BCUT2D eigenvalue weighted by Crippen LogP contribution is 2.20. The lowest BCUT2D eigenvalue weighted by molar-refractivity contribution is -0.139. The van der Waals surface area contributed by atoms with Gasteiger partial charge in [-0.25, -0.2) is 0 Å². The minimum absolute atomic E-state index is 0.0867. The standard InChI is InChI=1S/C18H28N2O2/c1-5-19-10-12-20(13-11-19)18(21)15(4)22-17-8-6-16(7-9-17)14(2)3/h6-9,14-15H,5,10-13H2,1-4H3/t15-/m1/s1. The van der Waals surface area contributed by atoms with E-state index in [1.54, 1.807) is 0 Å². The van der Waals surface area contributed by atoms with E-state index in [9.17, 15) is 4.79 Å². The fourth-order valence-corrected chi connectivity index (χ4v) is 2.73. The molecule has 4 nitrogen and oxygen atoms in total. The molecule has 1 saturated heterocycles. The van der Waals surface area contributed by atoms with Crippen LogP contribution in [0.15, 0.2) is 24.3 Å². The van der Waals surface area contributed by atoms with Gasteiger partial charge in [0, 0.05) is 26.2 Å². The molecule has 1 aromatic carbocycles. The van der Waals surface area contributed by atoms with E-state index in [1.807, 2.05) is 24.0 Å². The van der Waals surface area contributed by atoms with Gasteiger partial charge < -0.3 is 14.5 Å². The van der Waals surface area contributed by atoms with Gasteiger partial charge in [-0.3, -0.25) is 4.79 Å². The highest BCUT2D eigenvalue weighted by molar-refractivity contribution is 5.81. The first-order valence-corrected chi connectivity index (χ1v) is 8.29. The zero-order chi connectivity index (χ0) is 16.1. The third-order valence-corrected chi connectivity index (χ3v) is 4.34. The van der Waals surface area contributed by atoms with Gasteiger partial charge in [0.15, 0.2) is 6.10 Å². The van der Waals surface area contributed by atoms with Crippen LogP contribution in [-0.2, 0) is 4.79 Å². The average Bonchev–Trinajstić information content (AvgIpc) is 2.54. The topological polar surface area (TPSA) is 32.8 Å². The van der Waals surface area contributed by atoms with Crippen molar-refractivity contribution in [2.75, 3.05) is 32.7 Å². The monoisotopic (exact) mass is 304 g/mol. The van der Waals surface area contributed by atoms with Crippen molar-refractivity contribution < 1.29 is 9.53 Å². The van der Waals surface area contributed by atoms with Crippen LogP contribution in [0.5, 0.6) is 5.75 Å². The summed E-state index contributed by atoms with van der Waals surface area (Å²) in [6.07, 6.45) is -0.432. The summed E-state index contributed by atoms with van der Waals surface area (Å²) in [5.41, 5.74) is 1.28. The van der Waals surface area contributed by atoms with Gasteiger partial charge in [0.05, 0.1) is 0 Å². The van der Waals surface area contributed by atoms with Crippen molar-refractivity contribution in [3.63, 3.8) is 0 Å². The van der Waals surface area contributed by atoms with Crippen LogP contribution in [0, 0.1) is 0 Å². The van der Waals surface area contributed by atoms with E-state index in [1.165, 1.54) is 5.56 Å². The number of amides is 1. The van der Waals surface area contributed by atoms with Crippen molar-refractivity contribution in [1.82, 2.24) is 9.80 Å². The zero-order valence-corrected chi connectivity index (χ0v) is 14.2. The summed E-state index contributed by atoms with van der Waals surface area (Å²) in [4.78, 5) is 16.7. The van der Waals surface area contributed by atoms with Gasteiger partial charge in [0.25, 0.3) is 5.91 Å². The summed E-state index contributed by atoms with van der Waals surface area (Å²) in [5.74, 6) is 1.35. The fraction of sp³-hybridized carbons (Fsp3) is 0.611. The lowest BCUT2D eigenvalue weighted by Crippen LogP contribution is -2.51. The molecule has 0 spiro atoms. The van der Waals surface area contributed by atoms with E-state index in [-0.39, 0.29) is 5.91 Å². The lowest BCUT2D eigenvalue weighted by Gasteiger charge is -2.35. The second kappa shape index (κ2) is 7.63. The molecule has 0 saturated carbocycles. The van der Waals surface area contributed by atoms with Crippen LogP contribution in [0.3, 0.4) is 0 Å². The van der Waals surface area contributed by atoms with Crippen LogP contribution >= 0.6 is 0 Å². The maximum atomic E-state index is 12.5. The van der Waals surface area contributed by atoms with Crippen molar-refractivity contribution in [2.24, 2.45) is 0 Å². The third kappa shape index (κ3) is 4.23. The highest BCUT2D eigenvalue weighted by atomic mass is 16.5. The number of rotatable bonds is 5. The second-order valence-corrected chi connectivity index (χ2v) is 6.24. The molecule has 1 aliphatic heterocycles. The minimum atomic E-state index is -0.432. The number of carbonyl (C=O) groups is 1. The molecule has 122 valence electrons. The summed E-state index contributed by atoms with van der Waals surface area (Å²) in [7, 11) is 0. The Morgan fingerprint density at radius 3 is 2.18 bits per heavy atom. The first kappa shape index (κ1) is 16.8. The molecule has 4 heteroatoms. The molecular formula is C18H28N2O2. The Bertz CT molecular complexity index is 476. The number of hydrogen-bond donors (Lipinski definition) is 0. The van der Waals surface area contributed by atoms with Crippen LogP contribution in [0.4, 0.5) is 0 Å². The fourth-order valence-electron chi connectivity index (χ4n) is 2.73. The van der Waals surface area contributed by atoms with Gasteiger partial charge in [-0.15, -0.1) is 0 Å². The molecule has 0 N–H and O–H groups in total. The van der Waals surface area contributed by atoms with Crippen LogP contribution < -0.4 is 4.74 Å². The Labute approximate surface area is 134 Å². The quantitative estimate of drug-likeness (QED) is 0.838. The molecule has 0 bridgehead atoms. The van der Waals surface area contributed by atoms with Gasteiger partial charge in [-0.1, -0.05) is 32.9 Å². The number of benzene rings is 1. The van der Waals surface area contributed by atoms with Crippen molar-refractivity contribution in [3.05, 3.63) is 29.8 Å². The molecular weight excluding hydrogens is 276 g/mol. The Morgan fingerprint density at radius 2 is 1.68 bits per heavy atom. The maximum absolute atomic E-state index is 12.5. The van der Waals surface area contributed by atoms with E-state index in [0.29, 0.717) is 5.92 Å². The van der Waals surface area contributed by atoms with Crippen molar-refractivity contribution in [3.8, 4) is 5.75 Å². The maximum Gasteiger partial charge on any atom is 0.263 e. The number of likely N-dealkylation sites (N-methyl/N-ethyl adjacent to an activating group) is 1. The lowest BCUT2D eigenvalue weighted by atomic mass is 10.0. The third-order valence-electron chi connectivity index (χ3n) is 4.34. The van der Waals surface area contributed by atoms with E-state index in [4.69, 9.17) is 4.74 Å². The molecule has 1 aromatic rings. The number of nitrogens with zero attached hydrogens (tertiary/aromatic N) is 2.